The van der Waals surface area contributed by atoms with E-state index in [4.69, 9.17) is 0 Å². The van der Waals surface area contributed by atoms with Crippen molar-refractivity contribution in [2.45, 2.75) is 51.7 Å². The van der Waals surface area contributed by atoms with Crippen LogP contribution in [-0.4, -0.2) is 25.0 Å². The topological polar surface area (TPSA) is 35.6 Å². The summed E-state index contributed by atoms with van der Waals surface area (Å²) in [5.41, 5.74) is 5.82. The summed E-state index contributed by atoms with van der Waals surface area (Å²) in [5.74, 6) is 0.179. The molecule has 136 valence electrons. The van der Waals surface area contributed by atoms with E-state index >= 15 is 0 Å². The maximum absolute atomic E-state index is 12.6. The van der Waals surface area contributed by atoms with Gasteiger partial charge in [0.15, 0.2) is 0 Å². The molecule has 0 spiro atoms. The SMILES string of the molecule is Cc1ccc([C@H](C)Nc2ccc3c(c2)N(C2CC2)[C@@H](C)C(=O)N3C)cc1. The van der Waals surface area contributed by atoms with Crippen LogP contribution in [0.15, 0.2) is 42.5 Å². The van der Waals surface area contributed by atoms with Crippen LogP contribution in [0.25, 0.3) is 0 Å². The highest BCUT2D eigenvalue weighted by Crippen LogP contribution is 2.43. The Hall–Kier alpha value is -2.49. The highest BCUT2D eigenvalue weighted by Gasteiger charge is 2.41. The minimum absolute atomic E-state index is 0.0928. The van der Waals surface area contributed by atoms with Crippen LogP contribution in [0.5, 0.6) is 0 Å². The lowest BCUT2D eigenvalue weighted by molar-refractivity contribution is -0.119. The van der Waals surface area contributed by atoms with Gasteiger partial charge in [0.05, 0.1) is 11.4 Å². The Morgan fingerprint density at radius 3 is 2.42 bits per heavy atom. The molecule has 1 heterocycles. The van der Waals surface area contributed by atoms with Gasteiger partial charge >= 0.3 is 0 Å². The molecule has 2 atom stereocenters. The Kier molecular flexibility index (Phi) is 4.14. The van der Waals surface area contributed by atoms with Crippen molar-refractivity contribution in [3.05, 3.63) is 53.6 Å². The van der Waals surface area contributed by atoms with Crippen LogP contribution in [0.1, 0.15) is 43.9 Å². The molecule has 26 heavy (non-hydrogen) atoms. The molecule has 1 N–H and O–H groups in total. The van der Waals surface area contributed by atoms with Gasteiger partial charge in [-0.2, -0.15) is 0 Å². The largest absolute Gasteiger partial charge is 0.378 e. The Bertz CT molecular complexity index is 826. The zero-order valence-corrected chi connectivity index (χ0v) is 16.0. The molecular formula is C22H27N3O. The lowest BCUT2D eigenvalue weighted by atomic mass is 10.0. The number of nitrogens with zero attached hydrogens (tertiary/aromatic N) is 2. The second-order valence-corrected chi connectivity index (χ2v) is 7.69. The first-order valence-corrected chi connectivity index (χ1v) is 9.49. The third-order valence-electron chi connectivity index (χ3n) is 5.62. The quantitative estimate of drug-likeness (QED) is 0.883. The highest BCUT2D eigenvalue weighted by atomic mass is 16.2. The summed E-state index contributed by atoms with van der Waals surface area (Å²) < 4.78 is 0. The molecule has 4 nitrogen and oxygen atoms in total. The summed E-state index contributed by atoms with van der Waals surface area (Å²) in [6.07, 6.45) is 2.36. The number of hydrogen-bond donors (Lipinski definition) is 1. The molecule has 1 aliphatic heterocycles. The smallest absolute Gasteiger partial charge is 0.249 e. The lowest BCUT2D eigenvalue weighted by Gasteiger charge is -2.41. The van der Waals surface area contributed by atoms with Gasteiger partial charge in [-0.15, -0.1) is 0 Å². The fraction of sp³-hybridized carbons (Fsp3) is 0.409. The average molecular weight is 349 g/mol. The van der Waals surface area contributed by atoms with E-state index in [9.17, 15) is 4.79 Å². The van der Waals surface area contributed by atoms with Crippen molar-refractivity contribution >= 4 is 23.0 Å². The molecule has 4 heteroatoms. The second kappa shape index (κ2) is 6.35. The number of likely N-dealkylation sites (N-methyl/N-ethyl adjacent to an activating group) is 1. The zero-order valence-electron chi connectivity index (χ0n) is 16.0. The van der Waals surface area contributed by atoms with Crippen molar-refractivity contribution in [1.29, 1.82) is 0 Å². The Labute approximate surface area is 155 Å². The van der Waals surface area contributed by atoms with Gasteiger partial charge in [-0.05, 0) is 57.4 Å². The van der Waals surface area contributed by atoms with Crippen molar-refractivity contribution in [2.75, 3.05) is 22.2 Å². The molecule has 0 unspecified atom stereocenters. The number of carbonyl (C=O) groups is 1. The molecule has 0 aromatic heterocycles. The van der Waals surface area contributed by atoms with Crippen molar-refractivity contribution in [3.63, 3.8) is 0 Å². The van der Waals surface area contributed by atoms with E-state index in [1.165, 1.54) is 29.7 Å². The van der Waals surface area contributed by atoms with Crippen LogP contribution in [-0.2, 0) is 4.79 Å². The van der Waals surface area contributed by atoms with Crippen molar-refractivity contribution in [2.24, 2.45) is 0 Å². The van der Waals surface area contributed by atoms with Crippen LogP contribution in [0, 0.1) is 6.92 Å². The van der Waals surface area contributed by atoms with E-state index in [2.05, 4.69) is 66.5 Å². The van der Waals surface area contributed by atoms with E-state index in [0.29, 0.717) is 6.04 Å². The van der Waals surface area contributed by atoms with Gasteiger partial charge < -0.3 is 15.1 Å². The van der Waals surface area contributed by atoms with Gasteiger partial charge in [-0.1, -0.05) is 29.8 Å². The normalized spacial score (nSPS) is 20.8. The lowest BCUT2D eigenvalue weighted by Crippen LogP contribution is -2.51. The number of amides is 1. The van der Waals surface area contributed by atoms with Crippen LogP contribution in [0.3, 0.4) is 0 Å². The third-order valence-corrected chi connectivity index (χ3v) is 5.62. The summed E-state index contributed by atoms with van der Waals surface area (Å²) in [4.78, 5) is 16.7. The highest BCUT2D eigenvalue weighted by molar-refractivity contribution is 6.05. The molecule has 1 fully saturated rings. The first-order valence-electron chi connectivity index (χ1n) is 9.49. The number of anilines is 3. The molecule has 1 aliphatic carbocycles. The number of carbonyl (C=O) groups excluding carboxylic acids is 1. The van der Waals surface area contributed by atoms with Crippen molar-refractivity contribution < 1.29 is 4.79 Å². The standard InChI is InChI=1S/C22H27N3O/c1-14-5-7-17(8-6-14)15(2)23-18-9-12-20-21(13-18)25(19-10-11-19)16(3)22(26)24(20)4/h5-9,12-13,15-16,19,23H,10-11H2,1-4H3/t15-,16-/m0/s1. The molecule has 2 aromatic rings. The Morgan fingerprint density at radius 2 is 1.77 bits per heavy atom. The van der Waals surface area contributed by atoms with Gasteiger partial charge in [0.1, 0.15) is 6.04 Å². The molecule has 1 amide bonds. The second-order valence-electron chi connectivity index (χ2n) is 7.69. The number of aryl methyl sites for hydroxylation is 1. The maximum atomic E-state index is 12.6. The summed E-state index contributed by atoms with van der Waals surface area (Å²) >= 11 is 0. The average Bonchev–Trinajstić information content (AvgIpc) is 3.45. The zero-order chi connectivity index (χ0) is 18.4. The fourth-order valence-corrected chi connectivity index (χ4v) is 3.88. The predicted molar refractivity (Wildman–Crippen MR) is 108 cm³/mol. The monoisotopic (exact) mass is 349 g/mol. The number of benzene rings is 2. The molecule has 0 radical (unpaired) electrons. The van der Waals surface area contributed by atoms with Gasteiger partial charge in [0.2, 0.25) is 5.91 Å². The molecule has 1 saturated carbocycles. The minimum atomic E-state index is -0.0928. The Morgan fingerprint density at radius 1 is 1.08 bits per heavy atom. The summed E-state index contributed by atoms with van der Waals surface area (Å²) in [6.45, 7) is 6.31. The van der Waals surface area contributed by atoms with Crippen molar-refractivity contribution in [1.82, 2.24) is 0 Å². The van der Waals surface area contributed by atoms with Crippen LogP contribution < -0.4 is 15.1 Å². The van der Waals surface area contributed by atoms with E-state index < -0.39 is 0 Å². The molecule has 0 bridgehead atoms. The van der Waals surface area contributed by atoms with Gasteiger partial charge in [-0.3, -0.25) is 4.79 Å². The molecule has 4 rings (SSSR count). The fourth-order valence-electron chi connectivity index (χ4n) is 3.88. The predicted octanol–water partition coefficient (Wildman–Crippen LogP) is 4.50. The minimum Gasteiger partial charge on any atom is -0.378 e. The maximum Gasteiger partial charge on any atom is 0.249 e. The number of hydrogen-bond acceptors (Lipinski definition) is 3. The first-order chi connectivity index (χ1) is 12.5. The van der Waals surface area contributed by atoms with E-state index in [1.807, 2.05) is 14.0 Å². The van der Waals surface area contributed by atoms with Crippen molar-refractivity contribution in [3.8, 4) is 0 Å². The van der Waals surface area contributed by atoms with Gasteiger partial charge in [-0.25, -0.2) is 0 Å². The third kappa shape index (κ3) is 2.94. The van der Waals surface area contributed by atoms with E-state index in [-0.39, 0.29) is 18.0 Å². The Balaban J connectivity index is 1.63. The summed E-state index contributed by atoms with van der Waals surface area (Å²) in [6, 6.07) is 15.6. The summed E-state index contributed by atoms with van der Waals surface area (Å²) in [7, 11) is 1.88. The van der Waals surface area contributed by atoms with Crippen LogP contribution in [0.2, 0.25) is 0 Å². The number of rotatable bonds is 4. The van der Waals surface area contributed by atoms with Gasteiger partial charge in [0, 0.05) is 24.8 Å². The summed E-state index contributed by atoms with van der Waals surface area (Å²) in [5, 5.41) is 3.62. The number of nitrogens with one attached hydrogen (secondary N) is 1. The molecule has 0 saturated heterocycles. The van der Waals surface area contributed by atoms with E-state index in [0.717, 1.165) is 11.4 Å². The van der Waals surface area contributed by atoms with Crippen LogP contribution >= 0.6 is 0 Å². The van der Waals surface area contributed by atoms with E-state index in [1.54, 1.807) is 4.90 Å². The number of fused-ring (bicyclic) bond motifs is 1. The molecule has 2 aromatic carbocycles. The van der Waals surface area contributed by atoms with Gasteiger partial charge in [0.25, 0.3) is 0 Å². The molecule has 2 aliphatic rings. The first kappa shape index (κ1) is 17.0. The van der Waals surface area contributed by atoms with Crippen LogP contribution in [0.4, 0.5) is 17.1 Å². The molecular weight excluding hydrogens is 322 g/mol.